The van der Waals surface area contributed by atoms with Crippen LogP contribution in [0.5, 0.6) is 0 Å². The van der Waals surface area contributed by atoms with Gasteiger partial charge in [-0.05, 0) is 36.7 Å². The summed E-state index contributed by atoms with van der Waals surface area (Å²) in [4.78, 5) is 38.3. The number of Topliss-reactive ketones (excluding diaryl/α,β-unsaturated/α-hetero) is 1. The summed E-state index contributed by atoms with van der Waals surface area (Å²) < 4.78 is 17.4. The minimum atomic E-state index is -1.22. The van der Waals surface area contributed by atoms with Crippen molar-refractivity contribution in [3.8, 4) is 0 Å². The number of fused-ring (bicyclic) bond motifs is 1. The van der Waals surface area contributed by atoms with Crippen molar-refractivity contribution in [3.63, 3.8) is 0 Å². The van der Waals surface area contributed by atoms with Crippen LogP contribution in [-0.2, 0) is 28.6 Å². The third-order valence-electron chi connectivity index (χ3n) is 8.75. The summed E-state index contributed by atoms with van der Waals surface area (Å²) in [5.41, 5.74) is -1.98. The summed E-state index contributed by atoms with van der Waals surface area (Å²) in [6, 6.07) is 0. The topological polar surface area (TPSA) is 99.1 Å². The lowest BCUT2D eigenvalue weighted by Crippen LogP contribution is -2.70. The molecule has 0 unspecified atom stereocenters. The lowest BCUT2D eigenvalue weighted by molar-refractivity contribution is -0.256. The molecule has 2 heterocycles. The van der Waals surface area contributed by atoms with Crippen molar-refractivity contribution in [1.29, 1.82) is 0 Å². The number of allylic oxidation sites excluding steroid dienone is 1. The molecule has 7 heteroatoms. The van der Waals surface area contributed by atoms with E-state index in [1.54, 1.807) is 0 Å². The van der Waals surface area contributed by atoms with Crippen molar-refractivity contribution in [3.05, 3.63) is 12.2 Å². The number of esters is 2. The van der Waals surface area contributed by atoms with Crippen LogP contribution in [0.3, 0.4) is 0 Å². The van der Waals surface area contributed by atoms with Crippen molar-refractivity contribution in [2.45, 2.75) is 65.0 Å². The highest BCUT2D eigenvalue weighted by atomic mass is 16.6. The fourth-order valence-electron chi connectivity index (χ4n) is 7.60. The first-order valence-corrected chi connectivity index (χ1v) is 10.5. The molecule has 5 fully saturated rings. The van der Waals surface area contributed by atoms with E-state index in [4.69, 9.17) is 14.2 Å². The molecule has 8 atom stereocenters. The van der Waals surface area contributed by atoms with Gasteiger partial charge in [0.15, 0.2) is 12.1 Å². The predicted molar refractivity (Wildman–Crippen MR) is 99.1 cm³/mol. The monoisotopic (exact) mass is 404 g/mol. The highest BCUT2D eigenvalue weighted by molar-refractivity contribution is 6.15. The molecule has 29 heavy (non-hydrogen) atoms. The van der Waals surface area contributed by atoms with Crippen molar-refractivity contribution >= 4 is 17.7 Å². The summed E-state index contributed by atoms with van der Waals surface area (Å²) in [5, 5.41) is 10.9. The van der Waals surface area contributed by atoms with Crippen LogP contribution < -0.4 is 0 Å². The van der Waals surface area contributed by atoms with E-state index < -0.39 is 52.6 Å². The Morgan fingerprint density at radius 1 is 1.28 bits per heavy atom. The number of rotatable bonds is 1. The van der Waals surface area contributed by atoms with E-state index >= 15 is 0 Å². The Labute approximate surface area is 169 Å². The second-order valence-corrected chi connectivity index (χ2v) is 10.2. The van der Waals surface area contributed by atoms with Gasteiger partial charge in [-0.2, -0.15) is 0 Å². The van der Waals surface area contributed by atoms with Gasteiger partial charge in [0.05, 0.1) is 6.61 Å². The quantitative estimate of drug-likeness (QED) is 0.404. The zero-order valence-corrected chi connectivity index (χ0v) is 17.1. The first kappa shape index (κ1) is 19.2. The average molecular weight is 404 g/mol. The molecule has 0 radical (unpaired) electrons. The first-order valence-electron chi connectivity index (χ1n) is 10.5. The summed E-state index contributed by atoms with van der Waals surface area (Å²) in [6.45, 7) is 9.48. The normalized spacial score (nSPS) is 49.7. The number of ether oxygens (including phenoxy) is 3. The minimum absolute atomic E-state index is 0.0235. The Morgan fingerprint density at radius 2 is 2.00 bits per heavy atom. The molecule has 5 rings (SSSR count). The van der Waals surface area contributed by atoms with Gasteiger partial charge in [0, 0.05) is 30.1 Å². The number of carbonyl (C=O) groups is 3. The minimum Gasteiger partial charge on any atom is -0.462 e. The zero-order valence-electron chi connectivity index (χ0n) is 17.1. The van der Waals surface area contributed by atoms with Gasteiger partial charge in [0.2, 0.25) is 0 Å². The first-order chi connectivity index (χ1) is 13.6. The molecule has 2 aliphatic heterocycles. The number of aliphatic hydroxyl groups excluding tert-OH is 1. The van der Waals surface area contributed by atoms with Gasteiger partial charge in [-0.25, -0.2) is 0 Å². The van der Waals surface area contributed by atoms with Gasteiger partial charge in [-0.15, -0.1) is 0 Å². The molecule has 0 amide bonds. The van der Waals surface area contributed by atoms with Crippen LogP contribution in [0.2, 0.25) is 0 Å². The summed E-state index contributed by atoms with van der Waals surface area (Å²) >= 11 is 0. The van der Waals surface area contributed by atoms with Crippen LogP contribution in [0, 0.1) is 34.0 Å². The number of carbonyl (C=O) groups excluding carboxylic acids is 3. The van der Waals surface area contributed by atoms with Crippen molar-refractivity contribution in [2.75, 3.05) is 6.61 Å². The van der Waals surface area contributed by atoms with Gasteiger partial charge in [0.1, 0.15) is 17.6 Å². The lowest BCUT2D eigenvalue weighted by atomic mass is 9.43. The van der Waals surface area contributed by atoms with Gasteiger partial charge < -0.3 is 19.3 Å². The third-order valence-corrected chi connectivity index (χ3v) is 8.75. The van der Waals surface area contributed by atoms with Crippen molar-refractivity contribution < 1.29 is 33.7 Å². The predicted octanol–water partition coefficient (Wildman–Crippen LogP) is 1.77. The van der Waals surface area contributed by atoms with E-state index in [-0.39, 0.29) is 24.2 Å². The van der Waals surface area contributed by atoms with E-state index in [1.807, 2.05) is 13.8 Å². The van der Waals surface area contributed by atoms with Crippen LogP contribution in [0.4, 0.5) is 0 Å². The van der Waals surface area contributed by atoms with Crippen LogP contribution in [-0.4, -0.2) is 47.9 Å². The molecule has 158 valence electrons. The summed E-state index contributed by atoms with van der Waals surface area (Å²) in [6.07, 6.45) is 0.125. The Hall–Kier alpha value is -1.73. The van der Waals surface area contributed by atoms with Crippen molar-refractivity contribution in [2.24, 2.45) is 34.0 Å². The molecule has 3 saturated carbocycles. The van der Waals surface area contributed by atoms with Gasteiger partial charge in [0.25, 0.3) is 0 Å². The lowest BCUT2D eigenvalue weighted by Gasteiger charge is -2.62. The molecule has 2 saturated heterocycles. The Balaban J connectivity index is 1.66. The Morgan fingerprint density at radius 3 is 2.69 bits per heavy atom. The highest BCUT2D eigenvalue weighted by Gasteiger charge is 2.78. The van der Waals surface area contributed by atoms with Crippen LogP contribution in [0.25, 0.3) is 0 Å². The number of hydrogen-bond donors (Lipinski definition) is 1. The smallest absolute Gasteiger partial charge is 0.320 e. The van der Waals surface area contributed by atoms with E-state index in [2.05, 4.69) is 6.58 Å². The molecule has 0 aromatic rings. The molecule has 3 aliphatic carbocycles. The Kier molecular flexibility index (Phi) is 3.78. The Bertz CT molecular complexity index is 831. The highest BCUT2D eigenvalue weighted by Crippen LogP contribution is 2.71. The van der Waals surface area contributed by atoms with Crippen molar-refractivity contribution in [1.82, 2.24) is 0 Å². The molecule has 7 nitrogen and oxygen atoms in total. The average Bonchev–Trinajstić information content (AvgIpc) is 3.09. The summed E-state index contributed by atoms with van der Waals surface area (Å²) in [7, 11) is 0. The molecule has 0 aromatic heterocycles. The second kappa shape index (κ2) is 5.70. The zero-order chi connectivity index (χ0) is 20.9. The maximum Gasteiger partial charge on any atom is 0.320 e. The SMILES string of the molecule is C=C1C(=O)[C@]23C[C@H]1CC[C@H]2[C@@]12CO[C@@H](O)[C@@H]1C(C)(C)[C@@H](OC(C)=O)C[C@@H]2OC3=O. The van der Waals surface area contributed by atoms with E-state index in [0.29, 0.717) is 24.8 Å². The fourth-order valence-corrected chi connectivity index (χ4v) is 7.60. The molecule has 5 aliphatic rings. The number of aliphatic hydroxyl groups is 1. The van der Waals surface area contributed by atoms with Crippen LogP contribution >= 0.6 is 0 Å². The van der Waals surface area contributed by atoms with E-state index in [0.717, 1.165) is 6.42 Å². The number of ketones is 1. The largest absolute Gasteiger partial charge is 0.462 e. The molecule has 2 spiro atoms. The molecular formula is C22H28O7. The standard InChI is InChI=1S/C22H28O7/c1-10-12-5-6-13-21(8-12,17(10)24)19(26)29-15-7-14(28-11(2)23)20(3,4)16-18(25)27-9-22(13,15)16/h12-16,18,25H,1,5-9H2,2-4H3/t12-,13-,14+,15+,16-,18-,21+,22-/m1/s1. The molecule has 0 aromatic carbocycles. The van der Waals surface area contributed by atoms with Crippen LogP contribution in [0.15, 0.2) is 12.2 Å². The van der Waals surface area contributed by atoms with Gasteiger partial charge >= 0.3 is 11.9 Å². The van der Waals surface area contributed by atoms with Gasteiger partial charge in [-0.1, -0.05) is 20.4 Å². The number of hydrogen-bond acceptors (Lipinski definition) is 7. The molecule has 1 N–H and O–H groups in total. The third kappa shape index (κ3) is 2.08. The molecule has 2 bridgehead atoms. The maximum atomic E-state index is 13.3. The summed E-state index contributed by atoms with van der Waals surface area (Å²) in [5.74, 6) is -1.76. The van der Waals surface area contributed by atoms with Crippen LogP contribution in [0.1, 0.15) is 46.5 Å². The fraction of sp³-hybridized carbons (Fsp3) is 0.773. The second-order valence-electron chi connectivity index (χ2n) is 10.2. The van der Waals surface area contributed by atoms with E-state index in [1.165, 1.54) is 6.92 Å². The van der Waals surface area contributed by atoms with E-state index in [9.17, 15) is 19.5 Å². The molecular weight excluding hydrogens is 376 g/mol. The van der Waals surface area contributed by atoms with Gasteiger partial charge in [-0.3, -0.25) is 14.4 Å². The maximum absolute atomic E-state index is 13.3.